The van der Waals surface area contributed by atoms with E-state index in [0.717, 1.165) is 13.1 Å². The van der Waals surface area contributed by atoms with Gasteiger partial charge in [-0.15, -0.1) is 0 Å². The largest absolute Gasteiger partial charge is 0.472 e. The summed E-state index contributed by atoms with van der Waals surface area (Å²) in [4.78, 5) is 2.35. The van der Waals surface area contributed by atoms with Crippen molar-refractivity contribution in [3.05, 3.63) is 24.2 Å². The Morgan fingerprint density at radius 3 is 2.94 bits per heavy atom. The molecule has 0 saturated heterocycles. The van der Waals surface area contributed by atoms with E-state index < -0.39 is 0 Å². The molecule has 3 nitrogen and oxygen atoms in total. The highest BCUT2D eigenvalue weighted by Crippen LogP contribution is 2.23. The van der Waals surface area contributed by atoms with Gasteiger partial charge in [0.15, 0.2) is 0 Å². The Morgan fingerprint density at radius 2 is 2.25 bits per heavy atom. The molecule has 2 rings (SSSR count). The Hall–Kier alpha value is -0.800. The Bertz CT molecular complexity index is 297. The maximum atomic E-state index is 6.16. The lowest BCUT2D eigenvalue weighted by Crippen LogP contribution is -2.39. The average Bonchev–Trinajstić information content (AvgIpc) is 2.74. The average molecular weight is 222 g/mol. The lowest BCUT2D eigenvalue weighted by atomic mass is 9.85. The molecule has 2 N–H and O–H groups in total. The van der Waals surface area contributed by atoms with Crippen molar-refractivity contribution in [1.82, 2.24) is 4.90 Å². The van der Waals surface area contributed by atoms with Crippen LogP contribution in [0.5, 0.6) is 0 Å². The summed E-state index contributed by atoms with van der Waals surface area (Å²) in [5.41, 5.74) is 7.40. The van der Waals surface area contributed by atoms with E-state index >= 15 is 0 Å². The van der Waals surface area contributed by atoms with Gasteiger partial charge in [-0.25, -0.2) is 0 Å². The van der Waals surface area contributed by atoms with Crippen molar-refractivity contribution >= 4 is 0 Å². The predicted octanol–water partition coefficient (Wildman–Crippen LogP) is 2.23. The van der Waals surface area contributed by atoms with E-state index in [1.807, 2.05) is 12.3 Å². The van der Waals surface area contributed by atoms with Gasteiger partial charge in [-0.05, 0) is 31.9 Å². The molecule has 1 heterocycles. The molecule has 0 aliphatic heterocycles. The van der Waals surface area contributed by atoms with Crippen LogP contribution in [0.3, 0.4) is 0 Å². The summed E-state index contributed by atoms with van der Waals surface area (Å²) in [5, 5.41) is 0. The van der Waals surface area contributed by atoms with Crippen molar-refractivity contribution in [2.24, 2.45) is 11.7 Å². The number of hydrogen-bond donors (Lipinski definition) is 1. The topological polar surface area (TPSA) is 42.4 Å². The third kappa shape index (κ3) is 3.09. The number of hydrogen-bond acceptors (Lipinski definition) is 3. The van der Waals surface area contributed by atoms with Crippen LogP contribution >= 0.6 is 0 Å². The van der Waals surface area contributed by atoms with Gasteiger partial charge in [0.25, 0.3) is 0 Å². The van der Waals surface area contributed by atoms with Crippen molar-refractivity contribution in [2.75, 3.05) is 13.6 Å². The summed E-state index contributed by atoms with van der Waals surface area (Å²) < 4.78 is 5.08. The quantitative estimate of drug-likeness (QED) is 0.849. The van der Waals surface area contributed by atoms with Crippen molar-refractivity contribution in [2.45, 2.75) is 38.3 Å². The molecule has 1 saturated carbocycles. The molecule has 0 amide bonds. The fourth-order valence-electron chi connectivity index (χ4n) is 2.62. The smallest absolute Gasteiger partial charge is 0.0947 e. The third-order valence-electron chi connectivity index (χ3n) is 3.55. The van der Waals surface area contributed by atoms with Gasteiger partial charge in [0.1, 0.15) is 0 Å². The summed E-state index contributed by atoms with van der Waals surface area (Å²) in [6.07, 6.45) is 8.69. The zero-order valence-corrected chi connectivity index (χ0v) is 10.1. The standard InChI is InChI=1S/C13H22N2O/c1-15(8-11-6-7-16-10-11)9-12-4-2-3-5-13(12)14/h6-7,10,12-13H,2-5,8-9,14H2,1H3. The summed E-state index contributed by atoms with van der Waals surface area (Å²) in [7, 11) is 2.16. The predicted molar refractivity (Wildman–Crippen MR) is 65.0 cm³/mol. The van der Waals surface area contributed by atoms with Crippen molar-refractivity contribution in [1.29, 1.82) is 0 Å². The molecular weight excluding hydrogens is 200 g/mol. The van der Waals surface area contributed by atoms with Gasteiger partial charge >= 0.3 is 0 Å². The minimum atomic E-state index is 0.403. The van der Waals surface area contributed by atoms with E-state index in [1.165, 1.54) is 31.2 Å². The van der Waals surface area contributed by atoms with Gasteiger partial charge in [0.2, 0.25) is 0 Å². The van der Waals surface area contributed by atoms with Crippen LogP contribution in [-0.2, 0) is 6.54 Å². The first-order valence-corrected chi connectivity index (χ1v) is 6.21. The van der Waals surface area contributed by atoms with Gasteiger partial charge < -0.3 is 15.1 Å². The van der Waals surface area contributed by atoms with Crippen LogP contribution in [0, 0.1) is 5.92 Å². The second-order valence-corrected chi connectivity index (χ2v) is 5.04. The molecular formula is C13H22N2O. The zero-order chi connectivity index (χ0) is 11.4. The Kier molecular flexibility index (Phi) is 4.02. The first kappa shape index (κ1) is 11.7. The van der Waals surface area contributed by atoms with Crippen LogP contribution < -0.4 is 5.73 Å². The Labute approximate surface area is 97.6 Å². The molecule has 2 atom stereocenters. The molecule has 16 heavy (non-hydrogen) atoms. The van der Waals surface area contributed by atoms with Crippen LogP contribution in [0.25, 0.3) is 0 Å². The first-order valence-electron chi connectivity index (χ1n) is 6.21. The van der Waals surface area contributed by atoms with Crippen LogP contribution in [-0.4, -0.2) is 24.5 Å². The molecule has 1 aromatic rings. The summed E-state index contributed by atoms with van der Waals surface area (Å²) in [6, 6.07) is 2.43. The maximum absolute atomic E-state index is 6.16. The number of nitrogens with zero attached hydrogens (tertiary/aromatic N) is 1. The maximum Gasteiger partial charge on any atom is 0.0947 e. The van der Waals surface area contributed by atoms with Crippen LogP contribution in [0.15, 0.2) is 23.0 Å². The van der Waals surface area contributed by atoms with E-state index in [1.54, 1.807) is 6.26 Å². The Balaban J connectivity index is 1.79. The minimum absolute atomic E-state index is 0.403. The zero-order valence-electron chi connectivity index (χ0n) is 10.1. The van der Waals surface area contributed by atoms with Crippen LogP contribution in [0.4, 0.5) is 0 Å². The Morgan fingerprint density at radius 1 is 1.44 bits per heavy atom. The van der Waals surface area contributed by atoms with Crippen molar-refractivity contribution < 1.29 is 4.42 Å². The fourth-order valence-corrected chi connectivity index (χ4v) is 2.62. The van der Waals surface area contributed by atoms with Crippen molar-refractivity contribution in [3.8, 4) is 0 Å². The highest BCUT2D eigenvalue weighted by Gasteiger charge is 2.22. The molecule has 1 fully saturated rings. The van der Waals surface area contributed by atoms with Gasteiger partial charge in [-0.1, -0.05) is 12.8 Å². The second kappa shape index (κ2) is 5.51. The minimum Gasteiger partial charge on any atom is -0.472 e. The summed E-state index contributed by atoms with van der Waals surface area (Å²) in [5.74, 6) is 0.672. The summed E-state index contributed by atoms with van der Waals surface area (Å²) >= 11 is 0. The van der Waals surface area contributed by atoms with Gasteiger partial charge in [0.05, 0.1) is 12.5 Å². The normalized spacial score (nSPS) is 26.2. The number of furan rings is 1. The molecule has 1 aliphatic rings. The van der Waals surface area contributed by atoms with E-state index in [2.05, 4.69) is 11.9 Å². The molecule has 0 radical (unpaired) electrons. The molecule has 1 aliphatic carbocycles. The van der Waals surface area contributed by atoms with E-state index in [9.17, 15) is 0 Å². The van der Waals surface area contributed by atoms with Crippen molar-refractivity contribution in [3.63, 3.8) is 0 Å². The van der Waals surface area contributed by atoms with Gasteiger partial charge in [0, 0.05) is 24.7 Å². The first-order chi connectivity index (χ1) is 7.75. The van der Waals surface area contributed by atoms with Crippen LogP contribution in [0.1, 0.15) is 31.2 Å². The highest BCUT2D eigenvalue weighted by molar-refractivity contribution is 5.04. The lowest BCUT2D eigenvalue weighted by Gasteiger charge is -2.31. The molecule has 1 aromatic heterocycles. The second-order valence-electron chi connectivity index (χ2n) is 5.04. The van der Waals surface area contributed by atoms with Crippen LogP contribution in [0.2, 0.25) is 0 Å². The lowest BCUT2D eigenvalue weighted by molar-refractivity contribution is 0.206. The monoisotopic (exact) mass is 222 g/mol. The van der Waals surface area contributed by atoms with E-state index in [0.29, 0.717) is 12.0 Å². The molecule has 3 heteroatoms. The van der Waals surface area contributed by atoms with E-state index in [4.69, 9.17) is 10.2 Å². The van der Waals surface area contributed by atoms with Gasteiger partial charge in [-0.3, -0.25) is 0 Å². The molecule has 90 valence electrons. The summed E-state index contributed by atoms with van der Waals surface area (Å²) in [6.45, 7) is 2.06. The molecule has 0 spiro atoms. The van der Waals surface area contributed by atoms with Gasteiger partial charge in [-0.2, -0.15) is 0 Å². The molecule has 0 aromatic carbocycles. The molecule has 2 unspecified atom stereocenters. The number of nitrogens with two attached hydrogens (primary N) is 1. The third-order valence-corrected chi connectivity index (χ3v) is 3.55. The number of rotatable bonds is 4. The molecule has 0 bridgehead atoms. The fraction of sp³-hybridized carbons (Fsp3) is 0.692. The SMILES string of the molecule is CN(Cc1ccoc1)CC1CCCCC1N. The van der Waals surface area contributed by atoms with E-state index in [-0.39, 0.29) is 0 Å². The highest BCUT2D eigenvalue weighted by atomic mass is 16.3.